The monoisotopic (exact) mass is 198 g/mol. The Morgan fingerprint density at radius 1 is 0.933 bits per heavy atom. The molecule has 0 aromatic carbocycles. The Morgan fingerprint density at radius 2 is 1.33 bits per heavy atom. The van der Waals surface area contributed by atoms with Gasteiger partial charge in [0, 0.05) is 0 Å². The molecule has 0 aliphatic carbocycles. The second-order valence-electron chi connectivity index (χ2n) is 3.04. The fourth-order valence-electron chi connectivity index (χ4n) is 0.925. The quantitative estimate of drug-likeness (QED) is 0.656. The molecule has 0 aromatic heterocycles. The number of nitrogens with two attached hydrogens (primary N) is 1. The highest BCUT2D eigenvalue weighted by molar-refractivity contribution is 5.37. The third-order valence-electron chi connectivity index (χ3n) is 2.24. The zero-order valence-corrected chi connectivity index (χ0v) is 7.89. The highest BCUT2D eigenvalue weighted by atomic mass is 14.8. The smallest absolute Gasteiger partial charge is 0.212 e. The molecule has 0 aromatic rings. The van der Waals surface area contributed by atoms with E-state index in [0.29, 0.717) is 0 Å². The van der Waals surface area contributed by atoms with Crippen LogP contribution in [0, 0.1) is 68.0 Å². The van der Waals surface area contributed by atoms with Gasteiger partial charge in [-0.15, -0.1) is 0 Å². The Kier molecular flexibility index (Phi) is 3.37. The molecule has 1 atom stereocenters. The molecule has 0 saturated heterocycles. The zero-order chi connectivity index (χ0) is 12.1. The number of hydrogen-bond donors (Lipinski definition) is 1. The van der Waals surface area contributed by atoms with Gasteiger partial charge in [0.1, 0.15) is 17.6 Å². The van der Waals surface area contributed by atoms with E-state index in [2.05, 4.69) is 0 Å². The molecule has 0 saturated carbocycles. The fourth-order valence-corrected chi connectivity index (χ4v) is 0.925. The van der Waals surface area contributed by atoms with Crippen molar-refractivity contribution in [3.63, 3.8) is 0 Å². The summed E-state index contributed by atoms with van der Waals surface area (Å²) in [4.78, 5) is 0. The first-order valence-electron chi connectivity index (χ1n) is 3.77. The molecule has 72 valence electrons. The van der Waals surface area contributed by atoms with Gasteiger partial charge in [-0.05, 0) is 6.92 Å². The molecular weight excluding hydrogens is 192 g/mol. The number of hydrogen-bond acceptors (Lipinski definition) is 6. The largest absolute Gasteiger partial charge is 0.300 e. The van der Waals surface area contributed by atoms with E-state index in [0.717, 1.165) is 6.92 Å². The number of nitrogens with zero attached hydrogens (tertiary/aromatic N) is 5. The number of nitriles is 5. The van der Waals surface area contributed by atoms with Crippen molar-refractivity contribution in [3.05, 3.63) is 0 Å². The molecule has 0 radical (unpaired) electrons. The average Bonchev–Trinajstić information content (AvgIpc) is 2.28. The molecule has 1 unspecified atom stereocenters. The molecule has 2 N–H and O–H groups in total. The maximum atomic E-state index is 8.88. The molecule has 0 rings (SSSR count). The van der Waals surface area contributed by atoms with E-state index in [9.17, 15) is 0 Å². The molecule has 0 heterocycles. The van der Waals surface area contributed by atoms with Crippen molar-refractivity contribution in [2.24, 2.45) is 17.1 Å². The molecule has 0 aliphatic heterocycles. The van der Waals surface area contributed by atoms with E-state index in [-0.39, 0.29) is 0 Å². The Balaban J connectivity index is 5.78. The first-order valence-corrected chi connectivity index (χ1v) is 3.77. The van der Waals surface area contributed by atoms with Gasteiger partial charge in [0.25, 0.3) is 0 Å². The lowest BCUT2D eigenvalue weighted by molar-refractivity contribution is 0.292. The maximum Gasteiger partial charge on any atom is 0.212 e. The summed E-state index contributed by atoms with van der Waals surface area (Å²) in [6, 6.07) is 7.63. The van der Waals surface area contributed by atoms with Crippen LogP contribution in [0.15, 0.2) is 0 Å². The molecule has 6 nitrogen and oxygen atoms in total. The van der Waals surface area contributed by atoms with Crippen molar-refractivity contribution < 1.29 is 0 Å². The van der Waals surface area contributed by atoms with Gasteiger partial charge < -0.3 is 5.73 Å². The third-order valence-corrected chi connectivity index (χ3v) is 2.24. The standard InChI is InChI=1S/C9H6N6/c1-8(4-12,7(2-10)3-11)9(15,5-13)6-14/h7H,15H2,1H3. The van der Waals surface area contributed by atoms with Crippen LogP contribution in [-0.4, -0.2) is 5.54 Å². The summed E-state index contributed by atoms with van der Waals surface area (Å²) in [7, 11) is 0. The Labute approximate surface area is 87.0 Å². The lowest BCUT2D eigenvalue weighted by Crippen LogP contribution is -2.54. The summed E-state index contributed by atoms with van der Waals surface area (Å²) >= 11 is 0. The Bertz CT molecular complexity index is 431. The topological polar surface area (TPSA) is 145 Å². The first-order chi connectivity index (χ1) is 6.95. The van der Waals surface area contributed by atoms with Crippen LogP contribution in [0.25, 0.3) is 0 Å². The van der Waals surface area contributed by atoms with Crippen molar-refractivity contribution in [3.8, 4) is 30.3 Å². The minimum atomic E-state index is -2.18. The average molecular weight is 198 g/mol. The lowest BCUT2D eigenvalue weighted by atomic mass is 9.66. The normalized spacial score (nSPS) is 13.5. The Hall–Kier alpha value is -2.59. The van der Waals surface area contributed by atoms with Gasteiger partial charge in [0.15, 0.2) is 5.92 Å². The van der Waals surface area contributed by atoms with Gasteiger partial charge in [-0.2, -0.15) is 26.3 Å². The predicted molar refractivity (Wildman–Crippen MR) is 46.6 cm³/mol. The Morgan fingerprint density at radius 3 is 1.53 bits per heavy atom. The molecule has 0 fully saturated rings. The van der Waals surface area contributed by atoms with Crippen LogP contribution in [0.2, 0.25) is 0 Å². The highest BCUT2D eigenvalue weighted by Crippen LogP contribution is 2.35. The zero-order valence-electron chi connectivity index (χ0n) is 7.89. The van der Waals surface area contributed by atoms with Crippen molar-refractivity contribution in [1.82, 2.24) is 0 Å². The second-order valence-corrected chi connectivity index (χ2v) is 3.04. The molecule has 0 amide bonds. The summed E-state index contributed by atoms with van der Waals surface area (Å²) in [6.07, 6.45) is 0. The SMILES string of the molecule is CC(C#N)(C(C#N)C#N)C(N)(C#N)C#N. The number of rotatable bonds is 2. The van der Waals surface area contributed by atoms with E-state index in [1.807, 2.05) is 0 Å². The molecule has 0 spiro atoms. The summed E-state index contributed by atoms with van der Waals surface area (Å²) in [5, 5.41) is 43.6. The van der Waals surface area contributed by atoms with Gasteiger partial charge in [0.05, 0.1) is 18.2 Å². The lowest BCUT2D eigenvalue weighted by Gasteiger charge is -2.30. The van der Waals surface area contributed by atoms with Crippen LogP contribution in [0.3, 0.4) is 0 Å². The van der Waals surface area contributed by atoms with Crippen molar-refractivity contribution in [2.45, 2.75) is 12.5 Å². The van der Waals surface area contributed by atoms with Crippen molar-refractivity contribution in [1.29, 1.82) is 26.3 Å². The summed E-state index contributed by atoms with van der Waals surface area (Å²) in [6.45, 7) is 1.15. The van der Waals surface area contributed by atoms with Crippen LogP contribution >= 0.6 is 0 Å². The van der Waals surface area contributed by atoms with Gasteiger partial charge >= 0.3 is 0 Å². The van der Waals surface area contributed by atoms with Gasteiger partial charge in [-0.25, -0.2) is 0 Å². The summed E-state index contributed by atoms with van der Waals surface area (Å²) in [5.41, 5.74) is 1.36. The van der Waals surface area contributed by atoms with E-state index >= 15 is 0 Å². The maximum absolute atomic E-state index is 8.88. The van der Waals surface area contributed by atoms with Crippen LogP contribution in [-0.2, 0) is 0 Å². The molecular formula is C9H6N6. The van der Waals surface area contributed by atoms with Crippen LogP contribution in [0.5, 0.6) is 0 Å². The van der Waals surface area contributed by atoms with Gasteiger partial charge in [-0.3, -0.25) is 0 Å². The molecule has 0 bridgehead atoms. The summed E-state index contributed by atoms with van der Waals surface area (Å²) in [5.74, 6) is -1.44. The predicted octanol–water partition coefficient (Wildman–Crippen LogP) is -0.0757. The molecule has 15 heavy (non-hydrogen) atoms. The highest BCUT2D eigenvalue weighted by Gasteiger charge is 2.53. The second kappa shape index (κ2) is 4.08. The van der Waals surface area contributed by atoms with E-state index < -0.39 is 16.9 Å². The first kappa shape index (κ1) is 12.4. The minimum Gasteiger partial charge on any atom is -0.300 e. The van der Waals surface area contributed by atoms with Crippen molar-refractivity contribution >= 4 is 0 Å². The molecule has 6 heteroatoms. The van der Waals surface area contributed by atoms with Gasteiger partial charge in [0.2, 0.25) is 5.54 Å². The summed E-state index contributed by atoms with van der Waals surface area (Å²) < 4.78 is 0. The van der Waals surface area contributed by atoms with Crippen LogP contribution in [0.1, 0.15) is 6.92 Å². The van der Waals surface area contributed by atoms with Crippen molar-refractivity contribution in [2.75, 3.05) is 0 Å². The molecule has 0 aliphatic rings. The van der Waals surface area contributed by atoms with E-state index in [1.165, 1.54) is 12.1 Å². The van der Waals surface area contributed by atoms with E-state index in [1.54, 1.807) is 18.2 Å². The minimum absolute atomic E-state index is 1.15. The van der Waals surface area contributed by atoms with E-state index in [4.69, 9.17) is 32.0 Å². The van der Waals surface area contributed by atoms with Crippen LogP contribution in [0.4, 0.5) is 0 Å². The van der Waals surface area contributed by atoms with Gasteiger partial charge in [-0.1, -0.05) is 0 Å². The third kappa shape index (κ3) is 1.56. The van der Waals surface area contributed by atoms with Crippen LogP contribution < -0.4 is 5.73 Å². The fraction of sp³-hybridized carbons (Fsp3) is 0.444.